The summed E-state index contributed by atoms with van der Waals surface area (Å²) in [5.74, 6) is 0. The van der Waals surface area contributed by atoms with Gasteiger partial charge in [-0.1, -0.05) is 39.5 Å². The monoisotopic (exact) mass is 200 g/mol. The van der Waals surface area contributed by atoms with Gasteiger partial charge in [0.15, 0.2) is 5.17 Å². The van der Waals surface area contributed by atoms with E-state index in [0.29, 0.717) is 10.7 Å². The van der Waals surface area contributed by atoms with Crippen molar-refractivity contribution in [1.82, 2.24) is 5.32 Å². The lowest BCUT2D eigenvalue weighted by molar-refractivity contribution is 0.350. The number of aliphatic imine (C=N–C) groups is 1. The number of nitrogens with one attached hydrogen (secondary N) is 1. The van der Waals surface area contributed by atoms with Crippen LogP contribution in [-0.2, 0) is 0 Å². The van der Waals surface area contributed by atoms with Gasteiger partial charge in [0.2, 0.25) is 0 Å². The van der Waals surface area contributed by atoms with Crippen LogP contribution in [0.5, 0.6) is 0 Å². The molecule has 1 aliphatic heterocycles. The Labute approximate surface area is 85.6 Å². The Morgan fingerprint density at radius 1 is 1.62 bits per heavy atom. The molecule has 0 saturated heterocycles. The van der Waals surface area contributed by atoms with Gasteiger partial charge in [-0.2, -0.15) is 0 Å². The van der Waals surface area contributed by atoms with Crippen LogP contribution in [-0.4, -0.2) is 23.5 Å². The van der Waals surface area contributed by atoms with Crippen molar-refractivity contribution in [3.8, 4) is 0 Å². The number of hydrogen-bond donors (Lipinski definition) is 1. The molecule has 0 spiro atoms. The van der Waals surface area contributed by atoms with Crippen molar-refractivity contribution in [2.75, 3.05) is 13.1 Å². The number of amidine groups is 1. The number of hydrogen-bond acceptors (Lipinski definition) is 3. The number of nitrogens with zero attached hydrogens (tertiary/aromatic N) is 1. The first-order chi connectivity index (χ1) is 6.03. The highest BCUT2D eigenvalue weighted by atomic mass is 32.2. The Kier molecular flexibility index (Phi) is 3.65. The zero-order valence-electron chi connectivity index (χ0n) is 9.05. The summed E-state index contributed by atoms with van der Waals surface area (Å²) in [6.45, 7) is 11.0. The molecule has 0 amide bonds. The molecule has 3 heteroatoms. The molecule has 1 heterocycles. The fraction of sp³-hybridized carbons (Fsp3) is 0.900. The van der Waals surface area contributed by atoms with E-state index >= 15 is 0 Å². The minimum atomic E-state index is 0.384. The predicted molar refractivity (Wildman–Crippen MR) is 61.4 cm³/mol. The molecule has 0 fully saturated rings. The van der Waals surface area contributed by atoms with Gasteiger partial charge in [0.05, 0.1) is 6.54 Å². The Bertz CT molecular complexity index is 199. The molecule has 0 aromatic heterocycles. The lowest BCUT2D eigenvalue weighted by Crippen LogP contribution is -2.31. The van der Waals surface area contributed by atoms with Crippen molar-refractivity contribution in [3.05, 3.63) is 0 Å². The highest BCUT2D eigenvalue weighted by molar-refractivity contribution is 8.14. The van der Waals surface area contributed by atoms with Crippen molar-refractivity contribution in [2.24, 2.45) is 10.4 Å². The van der Waals surface area contributed by atoms with E-state index in [0.717, 1.165) is 18.3 Å². The maximum absolute atomic E-state index is 4.42. The van der Waals surface area contributed by atoms with Gasteiger partial charge < -0.3 is 5.32 Å². The van der Waals surface area contributed by atoms with Crippen LogP contribution in [0.1, 0.15) is 34.1 Å². The number of thioether (sulfide) groups is 1. The van der Waals surface area contributed by atoms with Crippen molar-refractivity contribution >= 4 is 16.9 Å². The Morgan fingerprint density at radius 3 is 2.77 bits per heavy atom. The summed E-state index contributed by atoms with van der Waals surface area (Å²) in [5.41, 5.74) is 0.384. The summed E-state index contributed by atoms with van der Waals surface area (Å²) in [7, 11) is 0. The molecule has 1 atom stereocenters. The van der Waals surface area contributed by atoms with Crippen LogP contribution in [0.15, 0.2) is 4.99 Å². The molecule has 13 heavy (non-hydrogen) atoms. The third-order valence-corrected chi connectivity index (χ3v) is 3.53. The van der Waals surface area contributed by atoms with Gasteiger partial charge >= 0.3 is 0 Å². The van der Waals surface area contributed by atoms with Gasteiger partial charge in [-0.15, -0.1) is 0 Å². The predicted octanol–water partition coefficient (Wildman–Crippen LogP) is 2.50. The highest BCUT2D eigenvalue weighted by Gasteiger charge is 2.19. The molecule has 0 aromatic rings. The molecule has 0 aliphatic carbocycles. The van der Waals surface area contributed by atoms with Gasteiger partial charge in [-0.3, -0.25) is 4.99 Å². The molecular weight excluding hydrogens is 180 g/mol. The summed E-state index contributed by atoms with van der Waals surface area (Å²) in [4.78, 5) is 4.42. The maximum Gasteiger partial charge on any atom is 0.156 e. The fourth-order valence-corrected chi connectivity index (χ4v) is 1.85. The van der Waals surface area contributed by atoms with Crippen molar-refractivity contribution < 1.29 is 0 Å². The van der Waals surface area contributed by atoms with Gasteiger partial charge in [-0.05, 0) is 11.8 Å². The van der Waals surface area contributed by atoms with Crippen LogP contribution >= 0.6 is 11.8 Å². The van der Waals surface area contributed by atoms with E-state index in [9.17, 15) is 0 Å². The van der Waals surface area contributed by atoms with Gasteiger partial charge in [-0.25, -0.2) is 0 Å². The minimum absolute atomic E-state index is 0.384. The lowest BCUT2D eigenvalue weighted by Gasteiger charge is -2.23. The van der Waals surface area contributed by atoms with Crippen LogP contribution in [0, 0.1) is 5.41 Å². The molecule has 0 saturated carbocycles. The van der Waals surface area contributed by atoms with Crippen LogP contribution in [0.4, 0.5) is 0 Å². The molecule has 0 aromatic carbocycles. The quantitative estimate of drug-likeness (QED) is 0.757. The molecule has 76 valence electrons. The zero-order valence-corrected chi connectivity index (χ0v) is 9.87. The first kappa shape index (κ1) is 10.9. The second-order valence-corrected chi connectivity index (χ2v) is 5.87. The molecule has 0 radical (unpaired) electrons. The summed E-state index contributed by atoms with van der Waals surface area (Å²) in [6.07, 6.45) is 1.20. The standard InChI is InChI=1S/C10H20N2S/c1-5-10(3,4)7-12-9-11-6-8(2)13-9/h8H,5-7H2,1-4H3,(H,11,12). The van der Waals surface area contributed by atoms with E-state index in [4.69, 9.17) is 0 Å². The van der Waals surface area contributed by atoms with E-state index in [2.05, 4.69) is 38.0 Å². The molecule has 1 unspecified atom stereocenters. The van der Waals surface area contributed by atoms with E-state index < -0.39 is 0 Å². The first-order valence-corrected chi connectivity index (χ1v) is 5.86. The summed E-state index contributed by atoms with van der Waals surface area (Å²) in [5, 5.41) is 5.21. The maximum atomic E-state index is 4.42. The van der Waals surface area contributed by atoms with E-state index in [1.807, 2.05) is 11.8 Å². The molecule has 1 aliphatic rings. The second kappa shape index (κ2) is 4.36. The van der Waals surface area contributed by atoms with Crippen LogP contribution in [0.2, 0.25) is 0 Å². The summed E-state index contributed by atoms with van der Waals surface area (Å²) >= 11 is 1.86. The minimum Gasteiger partial charge on any atom is -0.364 e. The normalized spacial score (nSPS) is 23.1. The highest BCUT2D eigenvalue weighted by Crippen LogP contribution is 2.21. The fourth-order valence-electron chi connectivity index (χ4n) is 1.01. The van der Waals surface area contributed by atoms with Crippen LogP contribution in [0.3, 0.4) is 0 Å². The Balaban J connectivity index is 2.27. The van der Waals surface area contributed by atoms with E-state index in [1.54, 1.807) is 0 Å². The molecular formula is C10H20N2S. The SMILES string of the molecule is CCC(C)(C)CNC1=NCC(C)S1. The third-order valence-electron chi connectivity index (χ3n) is 2.48. The van der Waals surface area contributed by atoms with Gasteiger partial charge in [0, 0.05) is 11.8 Å². The lowest BCUT2D eigenvalue weighted by atomic mass is 9.90. The average Bonchev–Trinajstić information content (AvgIpc) is 2.48. The summed E-state index contributed by atoms with van der Waals surface area (Å²) in [6, 6.07) is 0. The van der Waals surface area contributed by atoms with Crippen molar-refractivity contribution in [1.29, 1.82) is 0 Å². The molecule has 0 bridgehead atoms. The first-order valence-electron chi connectivity index (χ1n) is 4.98. The average molecular weight is 200 g/mol. The Morgan fingerprint density at radius 2 is 2.31 bits per heavy atom. The largest absolute Gasteiger partial charge is 0.364 e. The zero-order chi connectivity index (χ0) is 9.90. The van der Waals surface area contributed by atoms with E-state index in [-0.39, 0.29) is 0 Å². The van der Waals surface area contributed by atoms with Crippen molar-refractivity contribution in [2.45, 2.75) is 39.4 Å². The topological polar surface area (TPSA) is 24.4 Å². The van der Waals surface area contributed by atoms with Gasteiger partial charge in [0.25, 0.3) is 0 Å². The van der Waals surface area contributed by atoms with Crippen LogP contribution in [0.25, 0.3) is 0 Å². The Hall–Kier alpha value is -0.180. The summed E-state index contributed by atoms with van der Waals surface area (Å²) < 4.78 is 0. The second-order valence-electron chi connectivity index (χ2n) is 4.45. The molecule has 2 nitrogen and oxygen atoms in total. The smallest absolute Gasteiger partial charge is 0.156 e. The third kappa shape index (κ3) is 3.59. The van der Waals surface area contributed by atoms with E-state index in [1.165, 1.54) is 6.42 Å². The molecule has 1 N–H and O–H groups in total. The number of rotatable bonds is 3. The van der Waals surface area contributed by atoms with Crippen molar-refractivity contribution in [3.63, 3.8) is 0 Å². The van der Waals surface area contributed by atoms with Gasteiger partial charge in [0.1, 0.15) is 0 Å². The molecule has 1 rings (SSSR count). The van der Waals surface area contributed by atoms with Crippen LogP contribution < -0.4 is 5.32 Å².